The van der Waals surface area contributed by atoms with Gasteiger partial charge < -0.3 is 19.7 Å². The van der Waals surface area contributed by atoms with Crippen LogP contribution in [0, 0.1) is 13.8 Å². The Morgan fingerprint density at radius 1 is 1.14 bits per heavy atom. The molecule has 6 heteroatoms. The quantitative estimate of drug-likeness (QED) is 0.837. The average molecular weight is 323 g/mol. The maximum absolute atomic E-state index is 11.9. The molecule has 0 spiro atoms. The molecule has 0 aliphatic carbocycles. The average Bonchev–Trinajstić information content (AvgIpc) is 2.46. The number of hydrogen-bond donors (Lipinski definition) is 2. The van der Waals surface area contributed by atoms with Crippen LogP contribution < -0.4 is 4.74 Å². The summed E-state index contributed by atoms with van der Waals surface area (Å²) in [5, 5.41) is 19.9. The molecule has 22 heavy (non-hydrogen) atoms. The zero-order chi connectivity index (χ0) is 16.4. The second kappa shape index (κ2) is 6.15. The van der Waals surface area contributed by atoms with Gasteiger partial charge in [-0.1, -0.05) is 11.6 Å². The normalized spacial score (nSPS) is 10.4. The van der Waals surface area contributed by atoms with Crippen molar-refractivity contribution in [3.8, 4) is 23.0 Å². The molecule has 2 aromatic rings. The summed E-state index contributed by atoms with van der Waals surface area (Å²) in [5.74, 6) is -0.873. The zero-order valence-corrected chi connectivity index (χ0v) is 13.1. The Labute approximate surface area is 132 Å². The van der Waals surface area contributed by atoms with Crippen molar-refractivity contribution in [3.63, 3.8) is 0 Å². The standard InChI is InChI=1S/C16H15ClO5/c1-8-4-10(18)7-11(5-8)22-15-12(16(20)21-3)6-9(2)13(17)14(15)19/h4-7,18-19H,1-3H3. The van der Waals surface area contributed by atoms with Crippen molar-refractivity contribution in [2.75, 3.05) is 7.11 Å². The zero-order valence-electron chi connectivity index (χ0n) is 12.3. The van der Waals surface area contributed by atoms with E-state index < -0.39 is 5.97 Å². The van der Waals surface area contributed by atoms with Gasteiger partial charge in [0.15, 0.2) is 11.5 Å². The van der Waals surface area contributed by atoms with E-state index in [1.165, 1.54) is 19.2 Å². The van der Waals surface area contributed by atoms with Crippen molar-refractivity contribution in [1.82, 2.24) is 0 Å². The molecule has 116 valence electrons. The van der Waals surface area contributed by atoms with Gasteiger partial charge in [0.25, 0.3) is 0 Å². The predicted molar refractivity (Wildman–Crippen MR) is 82.1 cm³/mol. The summed E-state index contributed by atoms with van der Waals surface area (Å²) in [6, 6.07) is 6.03. The second-order valence-electron chi connectivity index (χ2n) is 4.83. The van der Waals surface area contributed by atoms with Gasteiger partial charge in [0.05, 0.1) is 12.1 Å². The van der Waals surface area contributed by atoms with Crippen LogP contribution in [-0.2, 0) is 4.74 Å². The topological polar surface area (TPSA) is 76.0 Å². The molecular weight excluding hydrogens is 308 g/mol. The number of carbonyl (C=O) groups is 1. The van der Waals surface area contributed by atoms with Crippen molar-refractivity contribution in [2.45, 2.75) is 13.8 Å². The largest absolute Gasteiger partial charge is 0.508 e. The first-order valence-electron chi connectivity index (χ1n) is 6.42. The minimum Gasteiger partial charge on any atom is -0.508 e. The first-order valence-corrected chi connectivity index (χ1v) is 6.80. The molecule has 5 nitrogen and oxygen atoms in total. The molecule has 0 aliphatic heterocycles. The predicted octanol–water partition coefficient (Wildman–Crippen LogP) is 3.95. The lowest BCUT2D eigenvalue weighted by molar-refractivity contribution is 0.0597. The highest BCUT2D eigenvalue weighted by Gasteiger charge is 2.22. The smallest absolute Gasteiger partial charge is 0.341 e. The van der Waals surface area contributed by atoms with Crippen LogP contribution in [-0.4, -0.2) is 23.3 Å². The number of ether oxygens (including phenoxy) is 2. The molecule has 0 aromatic heterocycles. The Morgan fingerprint density at radius 3 is 2.41 bits per heavy atom. The molecule has 0 saturated carbocycles. The van der Waals surface area contributed by atoms with Gasteiger partial charge in [-0.15, -0.1) is 0 Å². The van der Waals surface area contributed by atoms with Gasteiger partial charge in [-0.25, -0.2) is 4.79 Å². The van der Waals surface area contributed by atoms with Crippen LogP contribution in [0.5, 0.6) is 23.0 Å². The van der Waals surface area contributed by atoms with E-state index >= 15 is 0 Å². The molecule has 0 aliphatic rings. The van der Waals surface area contributed by atoms with Crippen LogP contribution in [0.3, 0.4) is 0 Å². The molecule has 0 bridgehead atoms. The van der Waals surface area contributed by atoms with Crippen LogP contribution in [0.2, 0.25) is 5.02 Å². The van der Waals surface area contributed by atoms with Gasteiger partial charge in [0.1, 0.15) is 17.1 Å². The van der Waals surface area contributed by atoms with E-state index in [1.54, 1.807) is 26.0 Å². The van der Waals surface area contributed by atoms with Crippen molar-refractivity contribution in [3.05, 3.63) is 46.0 Å². The molecule has 0 amide bonds. The number of benzene rings is 2. The fraction of sp³-hybridized carbons (Fsp3) is 0.188. The number of phenolic OH excluding ortho intramolecular Hbond substituents is 2. The molecule has 0 atom stereocenters. The van der Waals surface area contributed by atoms with E-state index in [2.05, 4.69) is 4.74 Å². The summed E-state index contributed by atoms with van der Waals surface area (Å²) in [5.41, 5.74) is 1.31. The number of halogens is 1. The molecule has 2 aromatic carbocycles. The lowest BCUT2D eigenvalue weighted by Gasteiger charge is -2.14. The number of aryl methyl sites for hydroxylation is 2. The van der Waals surface area contributed by atoms with E-state index in [-0.39, 0.29) is 33.6 Å². The van der Waals surface area contributed by atoms with Crippen molar-refractivity contribution in [2.24, 2.45) is 0 Å². The van der Waals surface area contributed by atoms with Crippen LogP contribution in [0.15, 0.2) is 24.3 Å². The van der Waals surface area contributed by atoms with Crippen LogP contribution in [0.25, 0.3) is 0 Å². The van der Waals surface area contributed by atoms with Crippen molar-refractivity contribution in [1.29, 1.82) is 0 Å². The summed E-state index contributed by atoms with van der Waals surface area (Å²) >= 11 is 6.00. The second-order valence-corrected chi connectivity index (χ2v) is 5.21. The van der Waals surface area contributed by atoms with Gasteiger partial charge in [-0.2, -0.15) is 0 Å². The number of phenols is 2. The van der Waals surface area contributed by atoms with Crippen LogP contribution in [0.4, 0.5) is 0 Å². The van der Waals surface area contributed by atoms with Gasteiger partial charge in [0.2, 0.25) is 0 Å². The third-order valence-corrected chi connectivity index (χ3v) is 3.51. The number of rotatable bonds is 3. The van der Waals surface area contributed by atoms with E-state index in [0.717, 1.165) is 5.56 Å². The highest BCUT2D eigenvalue weighted by atomic mass is 35.5. The van der Waals surface area contributed by atoms with Crippen molar-refractivity contribution < 1.29 is 24.5 Å². The number of hydrogen-bond acceptors (Lipinski definition) is 5. The molecular formula is C16H15ClO5. The number of aromatic hydroxyl groups is 2. The Kier molecular flexibility index (Phi) is 4.47. The fourth-order valence-electron chi connectivity index (χ4n) is 2.03. The van der Waals surface area contributed by atoms with Gasteiger partial charge in [-0.3, -0.25) is 0 Å². The summed E-state index contributed by atoms with van der Waals surface area (Å²) in [4.78, 5) is 11.9. The molecule has 2 rings (SSSR count). The highest BCUT2D eigenvalue weighted by molar-refractivity contribution is 6.33. The van der Waals surface area contributed by atoms with E-state index in [1.807, 2.05) is 0 Å². The summed E-state index contributed by atoms with van der Waals surface area (Å²) < 4.78 is 10.3. The third kappa shape index (κ3) is 3.09. The molecule has 2 N–H and O–H groups in total. The summed E-state index contributed by atoms with van der Waals surface area (Å²) in [6.07, 6.45) is 0. The maximum Gasteiger partial charge on any atom is 0.341 e. The van der Waals surface area contributed by atoms with Crippen LogP contribution >= 0.6 is 11.6 Å². The molecule has 0 fully saturated rings. The van der Waals surface area contributed by atoms with E-state index in [0.29, 0.717) is 5.56 Å². The molecule has 0 saturated heterocycles. The van der Waals surface area contributed by atoms with E-state index in [4.69, 9.17) is 16.3 Å². The monoisotopic (exact) mass is 322 g/mol. The Morgan fingerprint density at radius 2 is 1.82 bits per heavy atom. The first-order chi connectivity index (χ1) is 10.3. The van der Waals surface area contributed by atoms with E-state index in [9.17, 15) is 15.0 Å². The Bertz CT molecular complexity index is 720. The lowest BCUT2D eigenvalue weighted by Crippen LogP contribution is -2.05. The molecule has 0 heterocycles. The lowest BCUT2D eigenvalue weighted by atomic mass is 10.1. The number of carbonyl (C=O) groups excluding carboxylic acids is 1. The minimum absolute atomic E-state index is 0.00677. The third-order valence-electron chi connectivity index (χ3n) is 3.04. The molecule has 0 radical (unpaired) electrons. The fourth-order valence-corrected chi connectivity index (χ4v) is 2.17. The number of esters is 1. The van der Waals surface area contributed by atoms with Gasteiger partial charge >= 0.3 is 5.97 Å². The van der Waals surface area contributed by atoms with Crippen molar-refractivity contribution >= 4 is 17.6 Å². The van der Waals surface area contributed by atoms with Gasteiger partial charge in [0, 0.05) is 6.07 Å². The minimum atomic E-state index is -0.665. The molecule has 0 unspecified atom stereocenters. The Balaban J connectivity index is 2.57. The Hall–Kier alpha value is -2.40. The van der Waals surface area contributed by atoms with Crippen LogP contribution in [0.1, 0.15) is 21.5 Å². The SMILES string of the molecule is COC(=O)c1cc(C)c(Cl)c(O)c1Oc1cc(C)cc(O)c1. The number of methoxy groups -OCH3 is 1. The first kappa shape index (κ1) is 16.0. The summed E-state index contributed by atoms with van der Waals surface area (Å²) in [6.45, 7) is 3.42. The highest BCUT2D eigenvalue weighted by Crippen LogP contribution is 2.42. The van der Waals surface area contributed by atoms with Gasteiger partial charge in [-0.05, 0) is 43.2 Å². The maximum atomic E-state index is 11.9. The summed E-state index contributed by atoms with van der Waals surface area (Å²) in [7, 11) is 1.23.